The highest BCUT2D eigenvalue weighted by atomic mass is 35.5. The van der Waals surface area contributed by atoms with E-state index < -0.39 is 26.0 Å². The molecule has 198 valence electrons. The van der Waals surface area contributed by atoms with Gasteiger partial charge in [0.1, 0.15) is 11.4 Å². The van der Waals surface area contributed by atoms with Crippen LogP contribution in [0.2, 0.25) is 0 Å². The summed E-state index contributed by atoms with van der Waals surface area (Å²) < 4.78 is 35.7. The lowest BCUT2D eigenvalue weighted by Crippen LogP contribution is -2.65. The molecular weight excluding hydrogens is 508 g/mol. The SMILES string of the molecule is COc1cccc(C2(O)CCC(Cc3ccccc3)(NS(=O)(=O)c3ccccc3)CC2(Cl)CN(C)C)c1. The summed E-state index contributed by atoms with van der Waals surface area (Å²) >= 11 is 7.47. The van der Waals surface area contributed by atoms with E-state index in [0.717, 1.165) is 5.56 Å². The van der Waals surface area contributed by atoms with Crippen LogP contribution in [0.25, 0.3) is 0 Å². The Kier molecular flexibility index (Phi) is 8.02. The summed E-state index contributed by atoms with van der Waals surface area (Å²) in [5.41, 5.74) is -0.679. The number of sulfonamides is 1. The molecular formula is C29H35ClN2O4S. The van der Waals surface area contributed by atoms with Crippen molar-refractivity contribution in [1.29, 1.82) is 0 Å². The Morgan fingerprint density at radius 2 is 1.62 bits per heavy atom. The van der Waals surface area contributed by atoms with Crippen molar-refractivity contribution < 1.29 is 18.3 Å². The number of ether oxygens (including phenoxy) is 1. The van der Waals surface area contributed by atoms with Crippen LogP contribution < -0.4 is 9.46 Å². The summed E-state index contributed by atoms with van der Waals surface area (Å²) in [6, 6.07) is 25.5. The van der Waals surface area contributed by atoms with Crippen LogP contribution in [0.3, 0.4) is 0 Å². The lowest BCUT2D eigenvalue weighted by Gasteiger charge is -2.55. The minimum Gasteiger partial charge on any atom is -0.497 e. The molecule has 37 heavy (non-hydrogen) atoms. The third-order valence-electron chi connectivity index (χ3n) is 7.23. The van der Waals surface area contributed by atoms with Crippen molar-refractivity contribution in [1.82, 2.24) is 9.62 Å². The zero-order valence-electron chi connectivity index (χ0n) is 21.5. The lowest BCUT2D eigenvalue weighted by atomic mass is 9.63. The van der Waals surface area contributed by atoms with Crippen molar-refractivity contribution in [3.8, 4) is 5.75 Å². The average Bonchev–Trinajstić information content (AvgIpc) is 2.87. The molecule has 0 amide bonds. The molecule has 2 N–H and O–H groups in total. The summed E-state index contributed by atoms with van der Waals surface area (Å²) in [6.45, 7) is 0.339. The maximum Gasteiger partial charge on any atom is 0.241 e. The second-order valence-corrected chi connectivity index (χ2v) is 12.7. The van der Waals surface area contributed by atoms with E-state index in [1.165, 1.54) is 0 Å². The van der Waals surface area contributed by atoms with Crippen LogP contribution in [0.5, 0.6) is 5.75 Å². The van der Waals surface area contributed by atoms with E-state index in [2.05, 4.69) is 4.72 Å². The molecule has 0 radical (unpaired) electrons. The molecule has 0 heterocycles. The van der Waals surface area contributed by atoms with Crippen molar-refractivity contribution >= 4 is 21.6 Å². The number of rotatable bonds is 9. The Morgan fingerprint density at radius 1 is 0.973 bits per heavy atom. The van der Waals surface area contributed by atoms with Gasteiger partial charge in [-0.25, -0.2) is 13.1 Å². The van der Waals surface area contributed by atoms with Gasteiger partial charge in [0.2, 0.25) is 10.0 Å². The average molecular weight is 543 g/mol. The quantitative estimate of drug-likeness (QED) is 0.387. The number of aliphatic hydroxyl groups is 1. The number of hydrogen-bond donors (Lipinski definition) is 2. The van der Waals surface area contributed by atoms with Crippen LogP contribution in [0.4, 0.5) is 0 Å². The molecule has 6 nitrogen and oxygen atoms in total. The van der Waals surface area contributed by atoms with Crippen molar-refractivity contribution in [3.05, 3.63) is 96.1 Å². The highest BCUT2D eigenvalue weighted by Gasteiger charge is 2.59. The zero-order chi connectivity index (χ0) is 26.7. The first-order valence-electron chi connectivity index (χ1n) is 12.3. The first-order valence-corrected chi connectivity index (χ1v) is 14.2. The molecule has 3 aromatic rings. The Morgan fingerprint density at radius 3 is 2.24 bits per heavy atom. The van der Waals surface area contributed by atoms with Crippen molar-refractivity contribution in [2.24, 2.45) is 0 Å². The molecule has 1 aliphatic rings. The van der Waals surface area contributed by atoms with Gasteiger partial charge >= 0.3 is 0 Å². The number of nitrogens with one attached hydrogen (secondary N) is 1. The summed E-state index contributed by atoms with van der Waals surface area (Å²) in [4.78, 5) is 0.932. The zero-order valence-corrected chi connectivity index (χ0v) is 23.1. The fourth-order valence-electron chi connectivity index (χ4n) is 5.59. The second-order valence-electron chi connectivity index (χ2n) is 10.3. The fourth-order valence-corrected chi connectivity index (χ4v) is 7.74. The number of methoxy groups -OCH3 is 1. The predicted octanol–water partition coefficient (Wildman–Crippen LogP) is 4.57. The Hall–Kier alpha value is -2.42. The van der Waals surface area contributed by atoms with Gasteiger partial charge < -0.3 is 14.7 Å². The molecule has 0 aromatic heterocycles. The van der Waals surface area contributed by atoms with Crippen molar-refractivity contribution in [2.45, 2.75) is 46.6 Å². The van der Waals surface area contributed by atoms with Gasteiger partial charge in [0.25, 0.3) is 0 Å². The van der Waals surface area contributed by atoms with Crippen LogP contribution in [-0.2, 0) is 22.0 Å². The lowest BCUT2D eigenvalue weighted by molar-refractivity contribution is -0.0671. The molecule has 4 rings (SSSR count). The molecule has 3 atom stereocenters. The molecule has 1 aliphatic carbocycles. The number of nitrogens with zero attached hydrogens (tertiary/aromatic N) is 1. The van der Waals surface area contributed by atoms with E-state index in [-0.39, 0.29) is 17.7 Å². The monoisotopic (exact) mass is 542 g/mol. The van der Waals surface area contributed by atoms with Gasteiger partial charge in [-0.1, -0.05) is 60.7 Å². The third-order valence-corrected chi connectivity index (χ3v) is 9.39. The van der Waals surface area contributed by atoms with Crippen molar-refractivity contribution in [2.75, 3.05) is 27.7 Å². The van der Waals surface area contributed by atoms with E-state index in [4.69, 9.17) is 16.3 Å². The van der Waals surface area contributed by atoms with E-state index in [1.54, 1.807) is 37.4 Å². The van der Waals surface area contributed by atoms with Gasteiger partial charge in [-0.05, 0) is 75.2 Å². The van der Waals surface area contributed by atoms with Crippen molar-refractivity contribution in [3.63, 3.8) is 0 Å². The number of halogens is 1. The number of benzene rings is 3. The summed E-state index contributed by atoms with van der Waals surface area (Å²) in [6.07, 6.45) is 1.32. The van der Waals surface area contributed by atoms with Gasteiger partial charge in [0.15, 0.2) is 0 Å². The maximum absolute atomic E-state index is 13.6. The molecule has 3 aromatic carbocycles. The minimum atomic E-state index is -3.85. The smallest absolute Gasteiger partial charge is 0.241 e. The molecule has 0 bridgehead atoms. The van der Waals surface area contributed by atoms with E-state index in [1.807, 2.05) is 73.6 Å². The molecule has 0 spiro atoms. The van der Waals surface area contributed by atoms with Crippen LogP contribution in [0, 0.1) is 0 Å². The van der Waals surface area contributed by atoms with Crippen LogP contribution in [0.1, 0.15) is 30.4 Å². The highest BCUT2D eigenvalue weighted by Crippen LogP contribution is 2.53. The molecule has 8 heteroatoms. The molecule has 1 fully saturated rings. The molecule has 0 aliphatic heterocycles. The standard InChI is InChI=1S/C29H35ClN2O4S/c1-32(2)22-28(30)21-27(20-23-11-6-4-7-12-23,31-37(34,35)26-15-8-5-9-16-26)17-18-29(28,33)24-13-10-14-25(19-24)36-3/h4-16,19,31,33H,17-18,20-22H2,1-3H3. The van der Waals surface area contributed by atoms with Gasteiger partial charge in [0, 0.05) is 12.1 Å². The normalized spacial score (nSPS) is 26.2. The largest absolute Gasteiger partial charge is 0.497 e. The Bertz CT molecular complexity index is 1310. The summed E-state index contributed by atoms with van der Waals surface area (Å²) in [7, 11) is 1.53. The van der Waals surface area contributed by atoms with E-state index in [9.17, 15) is 13.5 Å². The third kappa shape index (κ3) is 5.86. The van der Waals surface area contributed by atoms with Crippen LogP contribution in [-0.4, -0.2) is 56.6 Å². The predicted molar refractivity (Wildman–Crippen MR) is 148 cm³/mol. The van der Waals surface area contributed by atoms with Gasteiger partial charge in [-0.15, -0.1) is 11.6 Å². The van der Waals surface area contributed by atoms with Crippen LogP contribution >= 0.6 is 11.6 Å². The number of hydrogen-bond acceptors (Lipinski definition) is 5. The second kappa shape index (κ2) is 10.8. The fraction of sp³-hybridized carbons (Fsp3) is 0.379. The topological polar surface area (TPSA) is 78.9 Å². The van der Waals surface area contributed by atoms with Gasteiger partial charge in [0.05, 0.1) is 16.9 Å². The highest BCUT2D eigenvalue weighted by molar-refractivity contribution is 7.89. The first kappa shape index (κ1) is 27.6. The minimum absolute atomic E-state index is 0.198. The summed E-state index contributed by atoms with van der Waals surface area (Å²) in [5, 5.41) is 12.3. The molecule has 0 saturated heterocycles. The van der Waals surface area contributed by atoms with Gasteiger partial charge in [-0.2, -0.15) is 0 Å². The van der Waals surface area contributed by atoms with E-state index in [0.29, 0.717) is 30.7 Å². The Labute approximate surface area is 225 Å². The molecule has 3 unspecified atom stereocenters. The maximum atomic E-state index is 13.6. The van der Waals surface area contributed by atoms with Crippen LogP contribution in [0.15, 0.2) is 89.8 Å². The van der Waals surface area contributed by atoms with E-state index >= 15 is 0 Å². The Balaban J connectivity index is 1.80. The summed E-state index contributed by atoms with van der Waals surface area (Å²) in [5.74, 6) is 0.626. The molecule has 1 saturated carbocycles. The number of alkyl halides is 1. The first-order chi connectivity index (χ1) is 17.5. The van der Waals surface area contributed by atoms with Gasteiger partial charge in [-0.3, -0.25) is 0 Å².